The van der Waals surface area contributed by atoms with Crippen LogP contribution in [0.4, 0.5) is 0 Å². The molecule has 0 saturated heterocycles. The van der Waals surface area contributed by atoms with E-state index in [-0.39, 0.29) is 42.6 Å². The summed E-state index contributed by atoms with van der Waals surface area (Å²) >= 11 is 0. The quantitative estimate of drug-likeness (QED) is 0.164. The minimum Gasteiger partial charge on any atom is -0.462 e. The van der Waals surface area contributed by atoms with Crippen molar-refractivity contribution in [3.8, 4) is 0 Å². The van der Waals surface area contributed by atoms with Gasteiger partial charge in [0.1, 0.15) is 18.0 Å². The van der Waals surface area contributed by atoms with E-state index in [4.69, 9.17) is 14.2 Å². The predicted octanol–water partition coefficient (Wildman–Crippen LogP) is 6.54. The van der Waals surface area contributed by atoms with E-state index in [1.54, 1.807) is 13.8 Å². The zero-order valence-corrected chi connectivity index (χ0v) is 25.9. The van der Waals surface area contributed by atoms with Gasteiger partial charge in [0.25, 0.3) is 0 Å². The summed E-state index contributed by atoms with van der Waals surface area (Å²) in [5.74, 6) is 4.34. The average molecular weight is 583 g/mol. The van der Waals surface area contributed by atoms with Crippen LogP contribution in [-0.2, 0) is 33.4 Å². The molecule has 0 radical (unpaired) electrons. The Morgan fingerprint density at radius 1 is 0.643 bits per heavy atom. The average Bonchev–Trinajstić information content (AvgIpc) is 2.90. The van der Waals surface area contributed by atoms with Crippen LogP contribution in [0.1, 0.15) is 104 Å². The molecule has 0 atom stereocenters. The van der Waals surface area contributed by atoms with Crippen LogP contribution in [-0.4, -0.2) is 42.5 Å². The molecule has 8 aliphatic carbocycles. The number of hydrogen-bond acceptors (Lipinski definition) is 7. The molecular weight excluding hydrogens is 532 g/mol. The highest BCUT2D eigenvalue weighted by Gasteiger charge is 2.57. The highest BCUT2D eigenvalue weighted by Crippen LogP contribution is 2.61. The van der Waals surface area contributed by atoms with E-state index >= 15 is 0 Å². The number of carbonyl (C=O) groups excluding carboxylic acids is 4. The van der Waals surface area contributed by atoms with E-state index in [1.165, 1.54) is 51.4 Å². The summed E-state index contributed by atoms with van der Waals surface area (Å²) in [4.78, 5) is 47.4. The standard InChI is InChI=1S/C18H26O4.C17H24O3/c1-11(2)17(20)21-5-4-16(19)22-18(3)14-7-12-6-13(9-14)10-15(18)8-12;1-11(2)16(19)20-4-3-15(18)17-8-12-5-13(9-17)7-14(6-12)10-17/h12-15H,1,4-10H2,2-3H3;12-14H,1,3-10H2,2H3. The van der Waals surface area contributed by atoms with Gasteiger partial charge in [-0.1, -0.05) is 13.2 Å². The molecule has 0 heterocycles. The molecule has 7 nitrogen and oxygen atoms in total. The van der Waals surface area contributed by atoms with E-state index in [1.807, 2.05) is 0 Å². The Bertz CT molecular complexity index is 1050. The van der Waals surface area contributed by atoms with E-state index in [0.29, 0.717) is 35.2 Å². The van der Waals surface area contributed by atoms with Crippen molar-refractivity contribution in [2.45, 2.75) is 110 Å². The summed E-state index contributed by atoms with van der Waals surface area (Å²) < 4.78 is 16.0. The number of esters is 3. The van der Waals surface area contributed by atoms with Gasteiger partial charge < -0.3 is 14.2 Å². The smallest absolute Gasteiger partial charge is 0.333 e. The molecule has 0 unspecified atom stereocenters. The normalized spacial score (nSPS) is 38.2. The molecular formula is C35H50O7. The first-order chi connectivity index (χ1) is 19.9. The fourth-order valence-corrected chi connectivity index (χ4v) is 10.0. The Labute approximate surface area is 251 Å². The molecule has 8 saturated carbocycles. The van der Waals surface area contributed by atoms with Crippen molar-refractivity contribution in [1.82, 2.24) is 0 Å². The predicted molar refractivity (Wildman–Crippen MR) is 158 cm³/mol. The van der Waals surface area contributed by atoms with Crippen LogP contribution >= 0.6 is 0 Å². The largest absolute Gasteiger partial charge is 0.462 e. The third-order valence-electron chi connectivity index (χ3n) is 11.5. The Morgan fingerprint density at radius 2 is 1.05 bits per heavy atom. The molecule has 8 aliphatic rings. The van der Waals surface area contributed by atoms with Crippen LogP contribution in [0.5, 0.6) is 0 Å². The van der Waals surface area contributed by atoms with E-state index in [2.05, 4.69) is 20.1 Å². The lowest BCUT2D eigenvalue weighted by atomic mass is 9.48. The Hall–Kier alpha value is -2.44. The zero-order chi connectivity index (χ0) is 30.2. The molecule has 232 valence electrons. The van der Waals surface area contributed by atoms with Crippen LogP contribution in [0.15, 0.2) is 24.3 Å². The molecule has 0 aliphatic heterocycles. The van der Waals surface area contributed by atoms with Gasteiger partial charge in [-0.25, -0.2) is 9.59 Å². The number of ketones is 1. The number of ether oxygens (including phenoxy) is 3. The van der Waals surface area contributed by atoms with Crippen molar-refractivity contribution in [3.05, 3.63) is 24.3 Å². The molecule has 8 fully saturated rings. The van der Waals surface area contributed by atoms with Crippen LogP contribution < -0.4 is 0 Å². The first kappa shape index (κ1) is 31.0. The van der Waals surface area contributed by atoms with E-state index < -0.39 is 5.97 Å². The van der Waals surface area contributed by atoms with Gasteiger partial charge in [-0.15, -0.1) is 0 Å². The molecule has 0 amide bonds. The molecule has 7 heteroatoms. The lowest BCUT2D eigenvalue weighted by Gasteiger charge is -2.59. The summed E-state index contributed by atoms with van der Waals surface area (Å²) in [6, 6.07) is 0. The summed E-state index contributed by atoms with van der Waals surface area (Å²) in [7, 11) is 0. The Morgan fingerprint density at radius 3 is 1.48 bits per heavy atom. The van der Waals surface area contributed by atoms with Crippen LogP contribution in [0.25, 0.3) is 0 Å². The maximum atomic E-state index is 12.6. The van der Waals surface area contributed by atoms with Crippen LogP contribution in [0.2, 0.25) is 0 Å². The van der Waals surface area contributed by atoms with Crippen LogP contribution in [0.3, 0.4) is 0 Å². The highest BCUT2D eigenvalue weighted by atomic mass is 16.6. The van der Waals surface area contributed by atoms with E-state index in [0.717, 1.165) is 48.9 Å². The number of rotatable bonds is 10. The minimum atomic E-state index is -0.450. The van der Waals surface area contributed by atoms with Gasteiger partial charge >= 0.3 is 17.9 Å². The van der Waals surface area contributed by atoms with Crippen LogP contribution in [0, 0.1) is 46.8 Å². The van der Waals surface area contributed by atoms with Gasteiger partial charge in [0.15, 0.2) is 0 Å². The number of Topliss-reactive ketones (excluding diaryl/α,β-unsaturated/α-hetero) is 1. The molecule has 0 aromatic rings. The molecule has 8 bridgehead atoms. The van der Waals surface area contributed by atoms with Gasteiger partial charge in [0.2, 0.25) is 0 Å². The third kappa shape index (κ3) is 6.55. The maximum Gasteiger partial charge on any atom is 0.333 e. The fourth-order valence-electron chi connectivity index (χ4n) is 10.0. The summed E-state index contributed by atoms with van der Waals surface area (Å²) in [6.07, 6.45) is 14.0. The summed E-state index contributed by atoms with van der Waals surface area (Å²) in [6.45, 7) is 12.7. The topological polar surface area (TPSA) is 96.0 Å². The zero-order valence-electron chi connectivity index (χ0n) is 25.9. The Balaban J connectivity index is 0.000000169. The molecule has 0 N–H and O–H groups in total. The van der Waals surface area contributed by atoms with E-state index in [9.17, 15) is 19.2 Å². The highest BCUT2D eigenvalue weighted by molar-refractivity contribution is 5.88. The summed E-state index contributed by atoms with van der Waals surface area (Å²) in [5.41, 5.74) is 0.376. The summed E-state index contributed by atoms with van der Waals surface area (Å²) in [5, 5.41) is 0. The number of carbonyl (C=O) groups is 4. The number of hydrogen-bond donors (Lipinski definition) is 0. The van der Waals surface area contributed by atoms with Crippen molar-refractivity contribution in [3.63, 3.8) is 0 Å². The van der Waals surface area contributed by atoms with Gasteiger partial charge in [0, 0.05) is 23.0 Å². The van der Waals surface area contributed by atoms with Crippen molar-refractivity contribution in [2.75, 3.05) is 13.2 Å². The van der Waals surface area contributed by atoms with Crippen molar-refractivity contribution in [1.29, 1.82) is 0 Å². The first-order valence-electron chi connectivity index (χ1n) is 16.3. The second-order valence-corrected chi connectivity index (χ2v) is 14.9. The molecule has 0 aromatic heterocycles. The fraction of sp³-hybridized carbons (Fsp3) is 0.771. The van der Waals surface area contributed by atoms with Crippen molar-refractivity contribution >= 4 is 23.7 Å². The monoisotopic (exact) mass is 582 g/mol. The second-order valence-electron chi connectivity index (χ2n) is 14.9. The lowest BCUT2D eigenvalue weighted by molar-refractivity contribution is -0.203. The Kier molecular flexibility index (Phi) is 9.06. The SMILES string of the molecule is C=C(C)C(=O)OCCC(=O)C12CC3CC(CC(C3)C1)C2.C=C(C)C(=O)OCCC(=O)OC1(C)C2CC3CC(C2)CC1C3. The van der Waals surface area contributed by atoms with Crippen molar-refractivity contribution < 1.29 is 33.4 Å². The minimum absolute atomic E-state index is 0.0651. The maximum absolute atomic E-state index is 12.6. The molecule has 0 aromatic carbocycles. The molecule has 8 rings (SSSR count). The van der Waals surface area contributed by atoms with Gasteiger partial charge in [-0.3, -0.25) is 9.59 Å². The van der Waals surface area contributed by atoms with Gasteiger partial charge in [-0.05, 0) is 133 Å². The third-order valence-corrected chi connectivity index (χ3v) is 11.5. The first-order valence-corrected chi connectivity index (χ1v) is 16.3. The molecule has 0 spiro atoms. The van der Waals surface area contributed by atoms with Gasteiger partial charge in [0.05, 0.1) is 13.0 Å². The molecule has 42 heavy (non-hydrogen) atoms. The second kappa shape index (κ2) is 12.3. The lowest BCUT2D eigenvalue weighted by Crippen LogP contribution is -2.58. The van der Waals surface area contributed by atoms with Gasteiger partial charge in [-0.2, -0.15) is 0 Å². The van der Waals surface area contributed by atoms with Crippen molar-refractivity contribution in [2.24, 2.45) is 46.8 Å².